The number of methoxy groups -OCH3 is 1. The number of fused-ring (bicyclic) bond motifs is 2. The van der Waals surface area contributed by atoms with Crippen LogP contribution in [0.25, 0.3) is 11.1 Å². The summed E-state index contributed by atoms with van der Waals surface area (Å²) in [7, 11) is 1.71. The van der Waals surface area contributed by atoms with Crippen LogP contribution < -0.4 is 14.8 Å². The minimum Gasteiger partial charge on any atom is -0.487 e. The van der Waals surface area contributed by atoms with Crippen LogP contribution >= 0.6 is 11.6 Å². The fourth-order valence-corrected chi connectivity index (χ4v) is 7.51. The van der Waals surface area contributed by atoms with E-state index >= 15 is 0 Å². The summed E-state index contributed by atoms with van der Waals surface area (Å²) in [5.41, 5.74) is 2.47. The summed E-state index contributed by atoms with van der Waals surface area (Å²) in [6, 6.07) is 7.79. The summed E-state index contributed by atoms with van der Waals surface area (Å²) in [5, 5.41) is 13.0. The molecule has 0 radical (unpaired) electrons. The third kappa shape index (κ3) is 8.01. The standard InChI is InChI=1S/C35H46ClN9O4/c1-23(46-3)12-13-48-34-32(18-44(42-34)27-5-7-28(8-6-27)45-29-9-10-30(45)20-47-19-29)41-35-38-15-26(16-39-35)25-4-11-31(36)33(14-25)49-24(2)17-43-22-37-21-40-43/h4,11,14-16,18,21-24,27-30H,5-10,12-13,17,19-20H2,1-3H3,(H,38,39,41)/t23?,24?,27?,28?,29-,30+. The van der Waals surface area contributed by atoms with E-state index < -0.39 is 0 Å². The number of rotatable bonds is 14. The van der Waals surface area contributed by atoms with Gasteiger partial charge in [-0.05, 0) is 70.1 Å². The predicted molar refractivity (Wildman–Crippen MR) is 185 cm³/mol. The number of anilines is 2. The number of hydrogen-bond donors (Lipinski definition) is 1. The van der Waals surface area contributed by atoms with Crippen LogP contribution in [0.1, 0.15) is 64.8 Å². The van der Waals surface area contributed by atoms with Crippen LogP contribution in [0, 0.1) is 0 Å². The second-order valence-corrected chi connectivity index (χ2v) is 13.9. The lowest BCUT2D eigenvalue weighted by molar-refractivity contribution is -0.0458. The second kappa shape index (κ2) is 15.4. The molecule has 2 saturated heterocycles. The molecule has 1 aromatic carbocycles. The van der Waals surface area contributed by atoms with E-state index in [2.05, 4.69) is 34.9 Å². The maximum Gasteiger partial charge on any atom is 0.256 e. The Bertz CT molecular complexity index is 1630. The summed E-state index contributed by atoms with van der Waals surface area (Å²) in [5.74, 6) is 1.58. The maximum atomic E-state index is 6.48. The molecule has 0 amide bonds. The lowest BCUT2D eigenvalue weighted by Crippen LogP contribution is -2.52. The van der Waals surface area contributed by atoms with Crippen molar-refractivity contribution in [2.75, 3.05) is 32.2 Å². The summed E-state index contributed by atoms with van der Waals surface area (Å²) < 4.78 is 27.4. The molecule has 1 N–H and O–H groups in total. The molecular formula is C35H46ClN9O4. The summed E-state index contributed by atoms with van der Waals surface area (Å²) in [4.78, 5) is 16.0. The van der Waals surface area contributed by atoms with Gasteiger partial charge in [0.2, 0.25) is 5.95 Å². The average Bonchev–Trinajstić information content (AvgIpc) is 3.84. The normalized spacial score (nSPS) is 23.7. The van der Waals surface area contributed by atoms with Gasteiger partial charge in [-0.2, -0.15) is 5.10 Å². The van der Waals surface area contributed by atoms with Gasteiger partial charge in [0.15, 0.2) is 0 Å². The van der Waals surface area contributed by atoms with Crippen LogP contribution in [0.15, 0.2) is 49.4 Å². The highest BCUT2D eigenvalue weighted by molar-refractivity contribution is 6.32. The summed E-state index contributed by atoms with van der Waals surface area (Å²) in [6.07, 6.45) is 16.5. The molecule has 5 heterocycles. The highest BCUT2D eigenvalue weighted by atomic mass is 35.5. The van der Waals surface area contributed by atoms with Gasteiger partial charge in [-0.3, -0.25) is 9.58 Å². The topological polar surface area (TPSA) is 127 Å². The van der Waals surface area contributed by atoms with Gasteiger partial charge in [0.05, 0.1) is 49.7 Å². The molecule has 2 unspecified atom stereocenters. The Morgan fingerprint density at radius 2 is 1.69 bits per heavy atom. The maximum absolute atomic E-state index is 6.48. The molecule has 49 heavy (non-hydrogen) atoms. The quantitative estimate of drug-likeness (QED) is 0.169. The molecule has 2 bridgehead atoms. The molecule has 1 saturated carbocycles. The number of morpholine rings is 1. The van der Waals surface area contributed by atoms with Crippen LogP contribution in [-0.4, -0.2) is 96.7 Å². The SMILES string of the molecule is COC(C)CCOc1nn(C2CCC(N3[C@@H]4CC[C@H]3COC4)CC2)cc1Nc1ncc(-c2ccc(Cl)c(OC(C)Cn3cncn3)c2)cn1. The molecule has 14 heteroatoms. The van der Waals surface area contributed by atoms with Crippen molar-refractivity contribution in [2.24, 2.45) is 0 Å². The van der Waals surface area contributed by atoms with Gasteiger partial charge in [-0.25, -0.2) is 19.6 Å². The molecule has 1 aliphatic carbocycles. The Kier molecular flexibility index (Phi) is 10.6. The number of aromatic nitrogens is 7. The van der Waals surface area contributed by atoms with E-state index in [1.54, 1.807) is 30.5 Å². The zero-order valence-electron chi connectivity index (χ0n) is 28.4. The first-order valence-corrected chi connectivity index (χ1v) is 17.8. The molecule has 13 nitrogen and oxygen atoms in total. The van der Waals surface area contributed by atoms with E-state index in [1.165, 1.54) is 32.0 Å². The van der Waals surface area contributed by atoms with Crippen LogP contribution in [0.2, 0.25) is 5.02 Å². The van der Waals surface area contributed by atoms with Gasteiger partial charge in [0, 0.05) is 49.6 Å². The molecule has 3 fully saturated rings. The van der Waals surface area contributed by atoms with Crippen LogP contribution in [0.5, 0.6) is 11.6 Å². The minimum atomic E-state index is -0.165. The average molecular weight is 692 g/mol. The number of benzene rings is 1. The molecule has 4 atom stereocenters. The van der Waals surface area contributed by atoms with E-state index in [4.69, 9.17) is 35.6 Å². The molecule has 4 aromatic rings. The first-order valence-electron chi connectivity index (χ1n) is 17.4. The summed E-state index contributed by atoms with van der Waals surface area (Å²) in [6.45, 7) is 6.81. The number of ether oxygens (including phenoxy) is 4. The number of nitrogens with one attached hydrogen (secondary N) is 1. The largest absolute Gasteiger partial charge is 0.487 e. The minimum absolute atomic E-state index is 0.0934. The molecular weight excluding hydrogens is 646 g/mol. The Hall–Kier alpha value is -3.78. The monoisotopic (exact) mass is 691 g/mol. The van der Waals surface area contributed by atoms with E-state index in [0.717, 1.165) is 49.3 Å². The van der Waals surface area contributed by atoms with Crippen molar-refractivity contribution in [3.05, 3.63) is 54.5 Å². The summed E-state index contributed by atoms with van der Waals surface area (Å²) >= 11 is 6.48. The lowest BCUT2D eigenvalue weighted by atomic mass is 9.89. The van der Waals surface area contributed by atoms with Gasteiger partial charge >= 0.3 is 0 Å². The zero-order chi connectivity index (χ0) is 33.7. The Morgan fingerprint density at radius 3 is 2.41 bits per heavy atom. The van der Waals surface area contributed by atoms with Crippen molar-refractivity contribution in [1.82, 2.24) is 39.4 Å². The van der Waals surface area contributed by atoms with Crippen molar-refractivity contribution in [2.45, 2.75) is 102 Å². The van der Waals surface area contributed by atoms with E-state index in [1.807, 2.05) is 38.2 Å². The number of nitrogens with zero attached hydrogens (tertiary/aromatic N) is 8. The van der Waals surface area contributed by atoms with Gasteiger partial charge in [-0.1, -0.05) is 17.7 Å². The lowest BCUT2D eigenvalue weighted by Gasteiger charge is -2.43. The predicted octanol–water partition coefficient (Wildman–Crippen LogP) is 5.95. The smallest absolute Gasteiger partial charge is 0.256 e. The van der Waals surface area contributed by atoms with Gasteiger partial charge in [0.1, 0.15) is 30.2 Å². The number of hydrogen-bond acceptors (Lipinski definition) is 11. The number of halogens is 1. The van der Waals surface area contributed by atoms with Crippen molar-refractivity contribution in [1.29, 1.82) is 0 Å². The zero-order valence-corrected chi connectivity index (χ0v) is 29.2. The fourth-order valence-electron chi connectivity index (χ4n) is 7.35. The third-order valence-electron chi connectivity index (χ3n) is 10.0. The molecule has 262 valence electrons. The molecule has 3 aromatic heterocycles. The van der Waals surface area contributed by atoms with Gasteiger partial charge in [-0.15, -0.1) is 5.10 Å². The molecule has 7 rings (SSSR count). The van der Waals surface area contributed by atoms with Crippen LogP contribution in [-0.2, 0) is 16.0 Å². The van der Waals surface area contributed by atoms with Gasteiger partial charge in [0.25, 0.3) is 5.88 Å². The first-order chi connectivity index (χ1) is 23.9. The second-order valence-electron chi connectivity index (χ2n) is 13.5. The molecule has 0 spiro atoms. The van der Waals surface area contributed by atoms with Crippen LogP contribution in [0.3, 0.4) is 0 Å². The highest BCUT2D eigenvalue weighted by Crippen LogP contribution is 2.39. The van der Waals surface area contributed by atoms with Crippen molar-refractivity contribution < 1.29 is 18.9 Å². The fraction of sp³-hybridized carbons (Fsp3) is 0.571. The molecule has 3 aliphatic rings. The van der Waals surface area contributed by atoms with E-state index in [-0.39, 0.29) is 12.2 Å². The Balaban J connectivity index is 1.02. The Labute approximate surface area is 292 Å². The highest BCUT2D eigenvalue weighted by Gasteiger charge is 2.42. The third-order valence-corrected chi connectivity index (χ3v) is 10.3. The molecule has 2 aliphatic heterocycles. The van der Waals surface area contributed by atoms with Crippen molar-refractivity contribution in [3.63, 3.8) is 0 Å². The van der Waals surface area contributed by atoms with E-state index in [0.29, 0.717) is 59.9 Å². The van der Waals surface area contributed by atoms with Crippen molar-refractivity contribution >= 4 is 23.2 Å². The van der Waals surface area contributed by atoms with Crippen molar-refractivity contribution in [3.8, 4) is 22.8 Å². The van der Waals surface area contributed by atoms with Gasteiger partial charge < -0.3 is 24.3 Å². The first kappa shape index (κ1) is 33.7. The Morgan fingerprint density at radius 1 is 0.959 bits per heavy atom. The van der Waals surface area contributed by atoms with Crippen LogP contribution in [0.4, 0.5) is 11.6 Å². The van der Waals surface area contributed by atoms with E-state index in [9.17, 15) is 0 Å².